The van der Waals surface area contributed by atoms with E-state index in [9.17, 15) is 0 Å². The molecule has 0 saturated heterocycles. The van der Waals surface area contributed by atoms with E-state index < -0.39 is 0 Å². The van der Waals surface area contributed by atoms with Gasteiger partial charge in [0.25, 0.3) is 0 Å². The van der Waals surface area contributed by atoms with Crippen molar-refractivity contribution in [1.82, 2.24) is 4.98 Å². The van der Waals surface area contributed by atoms with E-state index in [0.29, 0.717) is 31.8 Å². The van der Waals surface area contributed by atoms with Crippen molar-refractivity contribution in [2.24, 2.45) is 0 Å². The van der Waals surface area contributed by atoms with E-state index in [1.54, 1.807) is 13.3 Å². The van der Waals surface area contributed by atoms with Crippen molar-refractivity contribution >= 4 is 0 Å². The lowest BCUT2D eigenvalue weighted by atomic mass is 10.2. The van der Waals surface area contributed by atoms with E-state index in [-0.39, 0.29) is 11.7 Å². The summed E-state index contributed by atoms with van der Waals surface area (Å²) in [6.07, 6.45) is 2.34. The Morgan fingerprint density at radius 3 is 2.04 bits per heavy atom. The van der Waals surface area contributed by atoms with Gasteiger partial charge in [-0.15, -0.1) is 0 Å². The number of ether oxygens (including phenoxy) is 4. The fourth-order valence-electron chi connectivity index (χ4n) is 1.78. The quantitative estimate of drug-likeness (QED) is 0.662. The van der Waals surface area contributed by atoms with Crippen molar-refractivity contribution in [3.05, 3.63) is 23.9 Å². The van der Waals surface area contributed by atoms with Crippen LogP contribution in [0, 0.1) is 0 Å². The Morgan fingerprint density at radius 2 is 1.67 bits per heavy atom. The summed E-state index contributed by atoms with van der Waals surface area (Å²) in [6.45, 7) is 16.0. The molecule has 0 unspecified atom stereocenters. The Balaban J connectivity index is 0.000000561. The van der Waals surface area contributed by atoms with Crippen LogP contribution in [0.1, 0.15) is 54.0 Å². The van der Waals surface area contributed by atoms with Gasteiger partial charge in [0.15, 0.2) is 0 Å². The Morgan fingerprint density at radius 1 is 1.00 bits per heavy atom. The second-order valence-corrected chi connectivity index (χ2v) is 6.98. The van der Waals surface area contributed by atoms with Gasteiger partial charge in [-0.25, -0.2) is 4.98 Å². The smallest absolute Gasteiger partial charge is 0.213 e. The number of aromatic nitrogens is 1. The fraction of sp³-hybridized carbons (Fsp3) is 0.737. The standard InChI is InChI=1S/C12H19NO3.C7H16O/c1-10(2)16-9-11-4-5-12(13-8-11)15-7-6-14-3;1-6(2)8-7(3,4)5/h4-5,8,10H,6-7,9H2,1-3H3;6H,1-5H3. The maximum atomic E-state index is 5.47. The normalized spacial score (nSPS) is 11.4. The average Bonchev–Trinajstić information content (AvgIpc) is 2.44. The monoisotopic (exact) mass is 341 g/mol. The van der Waals surface area contributed by atoms with E-state index in [0.717, 1.165) is 5.56 Å². The van der Waals surface area contributed by atoms with Crippen LogP contribution in [0.3, 0.4) is 0 Å². The molecule has 0 amide bonds. The van der Waals surface area contributed by atoms with Gasteiger partial charge in [-0.1, -0.05) is 0 Å². The first-order valence-corrected chi connectivity index (χ1v) is 8.50. The maximum Gasteiger partial charge on any atom is 0.213 e. The molecular weight excluding hydrogens is 306 g/mol. The zero-order valence-corrected chi connectivity index (χ0v) is 16.6. The molecule has 140 valence electrons. The van der Waals surface area contributed by atoms with Gasteiger partial charge in [-0.2, -0.15) is 0 Å². The van der Waals surface area contributed by atoms with Gasteiger partial charge in [0.05, 0.1) is 31.0 Å². The van der Waals surface area contributed by atoms with Crippen molar-refractivity contribution in [1.29, 1.82) is 0 Å². The zero-order chi connectivity index (χ0) is 18.6. The predicted molar refractivity (Wildman–Crippen MR) is 97.5 cm³/mol. The zero-order valence-electron chi connectivity index (χ0n) is 16.6. The fourth-order valence-corrected chi connectivity index (χ4v) is 1.78. The van der Waals surface area contributed by atoms with Crippen LogP contribution < -0.4 is 4.74 Å². The molecule has 5 nitrogen and oxygen atoms in total. The summed E-state index contributed by atoms with van der Waals surface area (Å²) in [5.41, 5.74) is 1.07. The summed E-state index contributed by atoms with van der Waals surface area (Å²) in [4.78, 5) is 4.17. The van der Waals surface area contributed by atoms with E-state index >= 15 is 0 Å². The first-order chi connectivity index (χ1) is 11.1. The SMILES string of the molecule is CC(C)OC(C)(C)C.COCCOc1ccc(COC(C)C)cn1. The maximum absolute atomic E-state index is 5.47. The highest BCUT2D eigenvalue weighted by Crippen LogP contribution is 2.10. The van der Waals surface area contributed by atoms with Crippen LogP contribution in [0.4, 0.5) is 0 Å². The molecule has 1 aromatic rings. The molecule has 1 aromatic heterocycles. The summed E-state index contributed by atoms with van der Waals surface area (Å²) < 4.78 is 21.1. The summed E-state index contributed by atoms with van der Waals surface area (Å²) in [6, 6.07) is 3.80. The molecule has 0 saturated carbocycles. The Bertz CT molecular complexity index is 410. The third-order valence-electron chi connectivity index (χ3n) is 2.51. The molecule has 0 aliphatic carbocycles. The second kappa shape index (κ2) is 12.2. The average molecular weight is 341 g/mol. The summed E-state index contributed by atoms with van der Waals surface area (Å²) in [5.74, 6) is 0.616. The highest BCUT2D eigenvalue weighted by Gasteiger charge is 2.10. The van der Waals surface area contributed by atoms with Gasteiger partial charge in [-0.3, -0.25) is 0 Å². The third kappa shape index (κ3) is 14.4. The minimum absolute atomic E-state index is 0.0220. The molecule has 0 aromatic carbocycles. The number of methoxy groups -OCH3 is 1. The summed E-state index contributed by atoms with van der Waals surface area (Å²) in [7, 11) is 1.64. The van der Waals surface area contributed by atoms with Crippen molar-refractivity contribution in [2.45, 2.75) is 72.9 Å². The molecule has 0 radical (unpaired) electrons. The van der Waals surface area contributed by atoms with Gasteiger partial charge < -0.3 is 18.9 Å². The van der Waals surface area contributed by atoms with Crippen LogP contribution in [0.5, 0.6) is 5.88 Å². The largest absolute Gasteiger partial charge is 0.475 e. The number of rotatable bonds is 8. The first kappa shape index (κ1) is 22.8. The Hall–Kier alpha value is -1.17. The molecule has 0 spiro atoms. The summed E-state index contributed by atoms with van der Waals surface area (Å²) in [5, 5.41) is 0. The molecule has 1 heterocycles. The first-order valence-electron chi connectivity index (χ1n) is 8.50. The number of pyridine rings is 1. The summed E-state index contributed by atoms with van der Waals surface area (Å²) >= 11 is 0. The lowest BCUT2D eigenvalue weighted by molar-refractivity contribution is -0.0424. The lowest BCUT2D eigenvalue weighted by Crippen LogP contribution is -2.23. The lowest BCUT2D eigenvalue weighted by Gasteiger charge is -2.22. The van der Waals surface area contributed by atoms with Crippen molar-refractivity contribution in [3.8, 4) is 5.88 Å². The van der Waals surface area contributed by atoms with E-state index in [1.165, 1.54) is 0 Å². The molecule has 0 bridgehead atoms. The highest BCUT2D eigenvalue weighted by atomic mass is 16.5. The molecule has 5 heteroatoms. The number of nitrogens with zero attached hydrogens (tertiary/aromatic N) is 1. The van der Waals surface area contributed by atoms with Gasteiger partial charge in [0, 0.05) is 19.4 Å². The van der Waals surface area contributed by atoms with E-state index in [1.807, 2.05) is 39.8 Å². The number of hydrogen-bond acceptors (Lipinski definition) is 5. The topological polar surface area (TPSA) is 49.8 Å². The van der Waals surface area contributed by atoms with Crippen molar-refractivity contribution < 1.29 is 18.9 Å². The van der Waals surface area contributed by atoms with Crippen molar-refractivity contribution in [3.63, 3.8) is 0 Å². The minimum Gasteiger partial charge on any atom is -0.475 e. The number of hydrogen-bond donors (Lipinski definition) is 0. The van der Waals surface area contributed by atoms with Crippen LogP contribution in [0.15, 0.2) is 18.3 Å². The molecule has 0 fully saturated rings. The van der Waals surface area contributed by atoms with Crippen LogP contribution in [0.25, 0.3) is 0 Å². The highest BCUT2D eigenvalue weighted by molar-refractivity contribution is 5.17. The van der Waals surface area contributed by atoms with Gasteiger partial charge in [-0.05, 0) is 60.1 Å². The Labute approximate surface area is 147 Å². The molecule has 0 aliphatic rings. The van der Waals surface area contributed by atoms with Crippen molar-refractivity contribution in [2.75, 3.05) is 20.3 Å². The molecule has 24 heavy (non-hydrogen) atoms. The minimum atomic E-state index is 0.0220. The third-order valence-corrected chi connectivity index (χ3v) is 2.51. The molecule has 0 atom stereocenters. The van der Waals surface area contributed by atoms with Crippen LogP contribution in [-0.2, 0) is 20.8 Å². The molecular formula is C19H35NO4. The molecule has 1 rings (SSSR count). The molecule has 0 aliphatic heterocycles. The van der Waals surface area contributed by atoms with Crippen LogP contribution >= 0.6 is 0 Å². The molecule has 0 N–H and O–H groups in total. The van der Waals surface area contributed by atoms with Crippen LogP contribution in [0.2, 0.25) is 0 Å². The van der Waals surface area contributed by atoms with Gasteiger partial charge >= 0.3 is 0 Å². The predicted octanol–water partition coefficient (Wildman–Crippen LogP) is 4.24. The van der Waals surface area contributed by atoms with Crippen LogP contribution in [-0.4, -0.2) is 43.1 Å². The van der Waals surface area contributed by atoms with E-state index in [2.05, 4.69) is 25.8 Å². The van der Waals surface area contributed by atoms with Gasteiger partial charge in [0.1, 0.15) is 6.61 Å². The van der Waals surface area contributed by atoms with Gasteiger partial charge in [0.2, 0.25) is 5.88 Å². The van der Waals surface area contributed by atoms with E-state index in [4.69, 9.17) is 18.9 Å². The second-order valence-electron chi connectivity index (χ2n) is 6.98. The Kier molecular flexibility index (Phi) is 11.6.